The van der Waals surface area contributed by atoms with Crippen LogP contribution in [0.1, 0.15) is 33.3 Å². The third-order valence-electron chi connectivity index (χ3n) is 2.34. The minimum Gasteiger partial charge on any atom is -0.299 e. The Morgan fingerprint density at radius 1 is 1.05 bits per heavy atom. The molecular weight excluding hydrogens is 307 g/mol. The normalized spacial score (nSPS) is 11.6. The lowest BCUT2D eigenvalue weighted by molar-refractivity contribution is 0.181. The van der Waals surface area contributed by atoms with E-state index < -0.39 is 7.60 Å². The number of benzene rings is 1. The minimum absolute atomic E-state index is 0.262. The van der Waals surface area contributed by atoms with Gasteiger partial charge in [-0.2, -0.15) is 0 Å². The summed E-state index contributed by atoms with van der Waals surface area (Å²) >= 11 is 5.82. The Balaban J connectivity index is 2.85. The molecule has 5 heteroatoms. The van der Waals surface area contributed by atoms with E-state index in [0.29, 0.717) is 18.2 Å². The van der Waals surface area contributed by atoms with Gasteiger partial charge in [0.25, 0.3) is 0 Å². The van der Waals surface area contributed by atoms with Crippen molar-refractivity contribution >= 4 is 19.2 Å². The monoisotopic (exact) mass is 328 g/mol. The molecule has 0 saturated heterocycles. The van der Waals surface area contributed by atoms with Crippen molar-refractivity contribution in [3.05, 3.63) is 34.9 Å². The average Bonchev–Trinajstić information content (AvgIpc) is 2.43. The van der Waals surface area contributed by atoms with Crippen LogP contribution in [-0.4, -0.2) is 13.2 Å². The topological polar surface area (TPSA) is 35.5 Å². The smallest absolute Gasteiger partial charge is 0.299 e. The fourth-order valence-electron chi connectivity index (χ4n) is 1.26. The van der Waals surface area contributed by atoms with Crippen LogP contribution < -0.4 is 0 Å². The third-order valence-corrected chi connectivity index (χ3v) is 3.95. The number of hydrogen-bond acceptors (Lipinski definition) is 3. The largest absolute Gasteiger partial charge is 0.405 e. The molecule has 0 aliphatic rings. The van der Waals surface area contributed by atoms with Crippen molar-refractivity contribution in [1.29, 1.82) is 0 Å². The van der Waals surface area contributed by atoms with Gasteiger partial charge in [-0.1, -0.05) is 45.2 Å². The van der Waals surface area contributed by atoms with Crippen LogP contribution in [0.25, 0.3) is 0 Å². The van der Waals surface area contributed by atoms with Gasteiger partial charge in [0.1, 0.15) is 0 Å². The molecule has 0 N–H and O–H groups in total. The molecular formula is C16H22ClO3P. The Bertz CT molecular complexity index is 525. The van der Waals surface area contributed by atoms with Crippen molar-refractivity contribution in [2.75, 3.05) is 13.2 Å². The van der Waals surface area contributed by atoms with Crippen molar-refractivity contribution in [3.63, 3.8) is 0 Å². The van der Waals surface area contributed by atoms with E-state index in [9.17, 15) is 4.57 Å². The summed E-state index contributed by atoms with van der Waals surface area (Å²) < 4.78 is 23.5. The second-order valence-corrected chi connectivity index (χ2v) is 7.79. The highest BCUT2D eigenvalue weighted by Crippen LogP contribution is 2.47. The molecule has 0 bridgehead atoms. The molecule has 0 aromatic heterocycles. The summed E-state index contributed by atoms with van der Waals surface area (Å²) in [5, 5.41) is 0.635. The Morgan fingerprint density at radius 2 is 1.52 bits per heavy atom. The van der Waals surface area contributed by atoms with E-state index in [-0.39, 0.29) is 11.8 Å². The highest BCUT2D eigenvalue weighted by molar-refractivity contribution is 7.59. The van der Waals surface area contributed by atoms with E-state index in [0.717, 1.165) is 5.56 Å². The zero-order valence-electron chi connectivity index (χ0n) is 12.9. The fourth-order valence-corrected chi connectivity index (χ4v) is 2.85. The summed E-state index contributed by atoms with van der Waals surface area (Å²) in [5.41, 5.74) is 3.38. The van der Waals surface area contributed by atoms with Crippen molar-refractivity contribution in [2.45, 2.75) is 27.7 Å². The number of halogens is 1. The summed E-state index contributed by atoms with van der Waals surface area (Å²) in [6.07, 6.45) is 0. The molecule has 0 aliphatic heterocycles. The lowest BCUT2D eigenvalue weighted by atomic mass is 10.2. The van der Waals surface area contributed by atoms with E-state index in [2.05, 4.69) is 11.6 Å². The van der Waals surface area contributed by atoms with Gasteiger partial charge in [-0.15, -0.1) is 0 Å². The molecule has 0 saturated carbocycles. The quantitative estimate of drug-likeness (QED) is 0.532. The van der Waals surface area contributed by atoms with Gasteiger partial charge < -0.3 is 0 Å². The molecule has 116 valence electrons. The molecule has 0 fully saturated rings. The number of hydrogen-bond donors (Lipinski definition) is 0. The molecule has 0 spiro atoms. The molecule has 3 nitrogen and oxygen atoms in total. The van der Waals surface area contributed by atoms with Gasteiger partial charge >= 0.3 is 7.60 Å². The second kappa shape index (κ2) is 8.61. The van der Waals surface area contributed by atoms with Crippen LogP contribution >= 0.6 is 19.2 Å². The molecule has 21 heavy (non-hydrogen) atoms. The van der Waals surface area contributed by atoms with Crippen molar-refractivity contribution < 1.29 is 13.6 Å². The molecule has 1 aromatic rings. The van der Waals surface area contributed by atoms with Gasteiger partial charge in [0.15, 0.2) is 0 Å². The highest BCUT2D eigenvalue weighted by Gasteiger charge is 2.22. The average molecular weight is 329 g/mol. The zero-order valence-corrected chi connectivity index (χ0v) is 14.6. The summed E-state index contributed by atoms with van der Waals surface area (Å²) in [7, 11) is -3.40. The first-order valence-corrected chi connectivity index (χ1v) is 8.91. The van der Waals surface area contributed by atoms with Crippen molar-refractivity contribution in [1.82, 2.24) is 0 Å². The first-order chi connectivity index (χ1) is 9.81. The van der Waals surface area contributed by atoms with Gasteiger partial charge in [-0.3, -0.25) is 9.05 Å². The lowest BCUT2D eigenvalue weighted by Gasteiger charge is -2.15. The van der Waals surface area contributed by atoms with Gasteiger partial charge in [0.05, 0.1) is 13.2 Å². The first kappa shape index (κ1) is 18.3. The molecule has 1 aromatic carbocycles. The van der Waals surface area contributed by atoms with E-state index >= 15 is 0 Å². The Morgan fingerprint density at radius 3 is 1.95 bits per heavy atom. The zero-order chi connectivity index (χ0) is 15.9. The van der Waals surface area contributed by atoms with Crippen LogP contribution in [0, 0.1) is 23.4 Å². The predicted molar refractivity (Wildman–Crippen MR) is 87.5 cm³/mol. The molecule has 0 radical (unpaired) electrons. The van der Waals surface area contributed by atoms with Gasteiger partial charge in [-0.25, -0.2) is 4.57 Å². The van der Waals surface area contributed by atoms with Crippen LogP contribution in [-0.2, 0) is 13.6 Å². The maximum Gasteiger partial charge on any atom is 0.405 e. The molecule has 0 heterocycles. The van der Waals surface area contributed by atoms with Crippen LogP contribution in [0.2, 0.25) is 5.02 Å². The molecule has 1 rings (SSSR count). The maximum atomic E-state index is 12.6. The predicted octanol–water partition coefficient (Wildman–Crippen LogP) is 5.19. The van der Waals surface area contributed by atoms with Gasteiger partial charge in [-0.05, 0) is 36.1 Å². The lowest BCUT2D eigenvalue weighted by Crippen LogP contribution is -2.05. The summed E-state index contributed by atoms with van der Waals surface area (Å²) in [6.45, 7) is 8.65. The summed E-state index contributed by atoms with van der Waals surface area (Å²) in [4.78, 5) is 0. The molecule has 0 atom stereocenters. The Labute approximate surface area is 132 Å². The summed E-state index contributed by atoms with van der Waals surface area (Å²) in [5.74, 6) is 3.36. The van der Waals surface area contributed by atoms with E-state index in [1.54, 1.807) is 24.3 Å². The van der Waals surface area contributed by atoms with Crippen LogP contribution in [0.15, 0.2) is 24.3 Å². The van der Waals surface area contributed by atoms with E-state index in [1.165, 1.54) is 0 Å². The number of rotatable bonds is 6. The molecule has 0 unspecified atom stereocenters. The van der Waals surface area contributed by atoms with Crippen LogP contribution in [0.3, 0.4) is 0 Å². The second-order valence-electron chi connectivity index (χ2n) is 5.62. The first-order valence-electron chi connectivity index (χ1n) is 6.98. The third kappa shape index (κ3) is 7.69. The van der Waals surface area contributed by atoms with Crippen molar-refractivity contribution in [2.24, 2.45) is 11.8 Å². The molecule has 0 amide bonds. The van der Waals surface area contributed by atoms with Crippen LogP contribution in [0.5, 0.6) is 0 Å². The highest BCUT2D eigenvalue weighted by atomic mass is 35.5. The van der Waals surface area contributed by atoms with Crippen molar-refractivity contribution in [3.8, 4) is 11.6 Å². The standard InChI is InChI=1S/C16H22ClO3P/c1-13(2)11-19-21(18,20-12-14(3)4)10-9-15-5-7-16(17)8-6-15/h5-8,13-14H,11-12H2,1-4H3. The van der Waals surface area contributed by atoms with E-state index in [4.69, 9.17) is 20.6 Å². The maximum absolute atomic E-state index is 12.6. The SMILES string of the molecule is CC(C)COP(=O)(C#Cc1ccc(Cl)cc1)OCC(C)C. The Hall–Kier alpha value is -0.780. The van der Waals surface area contributed by atoms with Crippen LogP contribution in [0.4, 0.5) is 0 Å². The summed E-state index contributed by atoms with van der Waals surface area (Å²) in [6, 6.07) is 7.01. The Kier molecular flexibility index (Phi) is 7.49. The minimum atomic E-state index is -3.40. The van der Waals surface area contributed by atoms with Gasteiger partial charge in [0, 0.05) is 16.2 Å². The van der Waals surface area contributed by atoms with Gasteiger partial charge in [0.2, 0.25) is 0 Å². The van der Waals surface area contributed by atoms with E-state index in [1.807, 2.05) is 27.7 Å². The fraction of sp³-hybridized carbons (Fsp3) is 0.500. The molecule has 0 aliphatic carbocycles.